The van der Waals surface area contributed by atoms with E-state index in [0.29, 0.717) is 9.13 Å². The summed E-state index contributed by atoms with van der Waals surface area (Å²) >= 11 is 1.87. The number of anilines is 1. The minimum Gasteiger partial charge on any atom is -0.495 e. The van der Waals surface area contributed by atoms with Gasteiger partial charge < -0.3 is 19.0 Å². The zero-order chi connectivity index (χ0) is 28.7. The van der Waals surface area contributed by atoms with E-state index in [9.17, 15) is 28.6 Å². The summed E-state index contributed by atoms with van der Waals surface area (Å²) in [5.41, 5.74) is 0.632. The van der Waals surface area contributed by atoms with Gasteiger partial charge in [-0.1, -0.05) is 17.7 Å². The summed E-state index contributed by atoms with van der Waals surface area (Å²) in [4.78, 5) is 23.3. The number of nitriles is 1. The highest BCUT2D eigenvalue weighted by molar-refractivity contribution is 14.1. The van der Waals surface area contributed by atoms with Crippen molar-refractivity contribution in [2.45, 2.75) is 18.7 Å². The fourth-order valence-corrected chi connectivity index (χ4v) is 5.13. The lowest BCUT2D eigenvalue weighted by atomic mass is 10.1. The molecule has 3 aromatic carbocycles. The topological polar surface area (TPSA) is 158 Å². The number of carbonyl (C=O) groups excluding carboxylic acids is 1. The zero-order valence-corrected chi connectivity index (χ0v) is 23.9. The predicted molar refractivity (Wildman–Crippen MR) is 151 cm³/mol. The molecule has 0 aliphatic carbocycles. The van der Waals surface area contributed by atoms with Crippen molar-refractivity contribution >= 4 is 56.1 Å². The van der Waals surface area contributed by atoms with Crippen LogP contribution < -0.4 is 19.0 Å². The van der Waals surface area contributed by atoms with E-state index >= 15 is 0 Å². The Bertz CT molecular complexity index is 1600. The summed E-state index contributed by atoms with van der Waals surface area (Å²) < 4.78 is 42.3. The standard InChI is InChI=1S/C26H22IN3O8S/c1-4-37-24-13-17(12-21(27)25(24)38-39(34,35)20-8-5-16(2)6-9-20)11-18(15-28)26(31)29-22-14-19(30(32)33)7-10-23(22)36-3/h5-14H,4H2,1-3H3,(H,29,31)/b18-11+. The second-order valence-corrected chi connectivity index (χ2v) is 10.6. The Hall–Kier alpha value is -4.16. The maximum absolute atomic E-state index is 12.9. The maximum Gasteiger partial charge on any atom is 0.339 e. The third-order valence-electron chi connectivity index (χ3n) is 5.15. The Morgan fingerprint density at radius 3 is 2.44 bits per heavy atom. The largest absolute Gasteiger partial charge is 0.495 e. The fourth-order valence-electron chi connectivity index (χ4n) is 3.29. The zero-order valence-electron chi connectivity index (χ0n) is 20.9. The van der Waals surface area contributed by atoms with Gasteiger partial charge in [-0.15, -0.1) is 0 Å². The smallest absolute Gasteiger partial charge is 0.339 e. The maximum atomic E-state index is 12.9. The molecule has 11 nitrogen and oxygen atoms in total. The summed E-state index contributed by atoms with van der Waals surface area (Å²) in [6.45, 7) is 3.71. The third-order valence-corrected chi connectivity index (χ3v) is 7.19. The number of hydrogen-bond acceptors (Lipinski definition) is 9. The van der Waals surface area contributed by atoms with Gasteiger partial charge in [0.2, 0.25) is 0 Å². The normalized spacial score (nSPS) is 11.3. The van der Waals surface area contributed by atoms with Gasteiger partial charge in [0.05, 0.1) is 27.9 Å². The minimum atomic E-state index is -4.17. The molecule has 0 saturated carbocycles. The molecule has 39 heavy (non-hydrogen) atoms. The fraction of sp³-hybridized carbons (Fsp3) is 0.154. The van der Waals surface area contributed by atoms with Crippen LogP contribution >= 0.6 is 22.6 Å². The summed E-state index contributed by atoms with van der Waals surface area (Å²) in [7, 11) is -2.84. The van der Waals surface area contributed by atoms with Crippen LogP contribution in [-0.4, -0.2) is 33.0 Å². The first-order valence-corrected chi connectivity index (χ1v) is 13.7. The van der Waals surface area contributed by atoms with Crippen molar-refractivity contribution in [3.63, 3.8) is 0 Å². The number of carbonyl (C=O) groups is 1. The van der Waals surface area contributed by atoms with E-state index in [-0.39, 0.29) is 45.7 Å². The Balaban J connectivity index is 1.96. The van der Waals surface area contributed by atoms with Crippen LogP contribution in [0.5, 0.6) is 17.2 Å². The molecule has 0 spiro atoms. The van der Waals surface area contributed by atoms with E-state index in [4.69, 9.17) is 13.7 Å². The quantitative estimate of drug-likeness (QED) is 0.0766. The van der Waals surface area contributed by atoms with Crippen molar-refractivity contribution in [1.29, 1.82) is 5.26 Å². The number of hydrogen-bond donors (Lipinski definition) is 1. The molecule has 3 rings (SSSR count). The van der Waals surface area contributed by atoms with Crippen LogP contribution in [0.25, 0.3) is 6.08 Å². The molecule has 0 unspecified atom stereocenters. The summed E-state index contributed by atoms with van der Waals surface area (Å²) in [5.74, 6) is -0.633. The van der Waals surface area contributed by atoms with Gasteiger partial charge in [0.25, 0.3) is 11.6 Å². The van der Waals surface area contributed by atoms with Crippen molar-refractivity contribution in [2.24, 2.45) is 0 Å². The number of aryl methyl sites for hydroxylation is 1. The molecule has 13 heteroatoms. The van der Waals surface area contributed by atoms with Gasteiger partial charge in [0.15, 0.2) is 11.5 Å². The van der Waals surface area contributed by atoms with Gasteiger partial charge in [0, 0.05) is 12.1 Å². The third kappa shape index (κ3) is 7.24. The monoisotopic (exact) mass is 663 g/mol. The van der Waals surface area contributed by atoms with Crippen LogP contribution in [0.3, 0.4) is 0 Å². The number of nitro groups is 1. The van der Waals surface area contributed by atoms with Gasteiger partial charge in [0.1, 0.15) is 22.3 Å². The van der Waals surface area contributed by atoms with Crippen molar-refractivity contribution in [1.82, 2.24) is 0 Å². The summed E-state index contributed by atoms with van der Waals surface area (Å²) in [6.07, 6.45) is 1.27. The Morgan fingerprint density at radius 2 is 1.85 bits per heavy atom. The summed E-state index contributed by atoms with van der Waals surface area (Å²) in [5, 5.41) is 23.2. The average molecular weight is 663 g/mol. The van der Waals surface area contributed by atoms with Crippen molar-refractivity contribution in [3.05, 3.63) is 85.0 Å². The highest BCUT2D eigenvalue weighted by Crippen LogP contribution is 2.37. The van der Waals surface area contributed by atoms with E-state index in [1.165, 1.54) is 49.6 Å². The molecule has 0 atom stereocenters. The molecule has 0 aliphatic heterocycles. The van der Waals surface area contributed by atoms with Crippen LogP contribution in [0, 0.1) is 31.9 Å². The predicted octanol–water partition coefficient (Wildman–Crippen LogP) is 5.23. The van der Waals surface area contributed by atoms with Crippen molar-refractivity contribution in [3.8, 4) is 23.3 Å². The second-order valence-electron chi connectivity index (χ2n) is 7.88. The highest BCUT2D eigenvalue weighted by atomic mass is 127. The molecule has 0 heterocycles. The van der Waals surface area contributed by atoms with Gasteiger partial charge in [-0.3, -0.25) is 14.9 Å². The van der Waals surface area contributed by atoms with Crippen LogP contribution in [-0.2, 0) is 14.9 Å². The van der Waals surface area contributed by atoms with Gasteiger partial charge in [-0.05, 0) is 78.4 Å². The molecular weight excluding hydrogens is 641 g/mol. The average Bonchev–Trinajstić information content (AvgIpc) is 2.89. The Labute approximate surface area is 238 Å². The first-order chi connectivity index (χ1) is 18.5. The van der Waals surface area contributed by atoms with E-state index < -0.39 is 20.9 Å². The van der Waals surface area contributed by atoms with Crippen molar-refractivity contribution in [2.75, 3.05) is 19.0 Å². The number of methoxy groups -OCH3 is 1. The number of ether oxygens (including phenoxy) is 2. The van der Waals surface area contributed by atoms with E-state index in [0.717, 1.165) is 11.6 Å². The lowest BCUT2D eigenvalue weighted by molar-refractivity contribution is -0.384. The van der Waals surface area contributed by atoms with Crippen molar-refractivity contribution < 1.29 is 31.8 Å². The van der Waals surface area contributed by atoms with Crippen LogP contribution in [0.2, 0.25) is 0 Å². The SMILES string of the molecule is CCOc1cc(/C=C(\C#N)C(=O)Nc2cc([N+](=O)[O-])ccc2OC)cc(I)c1OS(=O)(=O)c1ccc(C)cc1. The first kappa shape index (κ1) is 29.4. The highest BCUT2D eigenvalue weighted by Gasteiger charge is 2.23. The molecule has 1 N–H and O–H groups in total. The number of amides is 1. The number of benzene rings is 3. The molecule has 0 radical (unpaired) electrons. The second kappa shape index (κ2) is 12.6. The molecule has 0 aliphatic rings. The Kier molecular flexibility index (Phi) is 9.49. The summed E-state index contributed by atoms with van der Waals surface area (Å²) in [6, 6.07) is 14.6. The molecule has 0 fully saturated rings. The van der Waals surface area contributed by atoms with Gasteiger partial charge in [-0.2, -0.15) is 13.7 Å². The lowest BCUT2D eigenvalue weighted by Crippen LogP contribution is -2.14. The van der Waals surface area contributed by atoms with Crippen LogP contribution in [0.15, 0.2) is 65.1 Å². The first-order valence-electron chi connectivity index (χ1n) is 11.2. The molecule has 202 valence electrons. The van der Waals surface area contributed by atoms with E-state index in [2.05, 4.69) is 5.32 Å². The number of nitrogens with one attached hydrogen (secondary N) is 1. The van der Waals surface area contributed by atoms with E-state index in [1.54, 1.807) is 25.1 Å². The Morgan fingerprint density at radius 1 is 1.15 bits per heavy atom. The molecule has 3 aromatic rings. The minimum absolute atomic E-state index is 0.00694. The number of non-ortho nitro benzene ring substituents is 1. The number of nitro benzene ring substituents is 1. The lowest BCUT2D eigenvalue weighted by Gasteiger charge is -2.15. The van der Waals surface area contributed by atoms with Gasteiger partial charge in [-0.25, -0.2) is 0 Å². The number of rotatable bonds is 10. The molecule has 0 aromatic heterocycles. The molecule has 1 amide bonds. The van der Waals surface area contributed by atoms with Crippen LogP contribution in [0.4, 0.5) is 11.4 Å². The van der Waals surface area contributed by atoms with E-state index in [1.807, 2.05) is 29.5 Å². The number of nitrogens with zero attached hydrogens (tertiary/aromatic N) is 2. The van der Waals surface area contributed by atoms with Crippen LogP contribution in [0.1, 0.15) is 18.1 Å². The molecule has 0 bridgehead atoms. The number of halogens is 1. The molecular formula is C26H22IN3O8S. The van der Waals surface area contributed by atoms with Gasteiger partial charge >= 0.3 is 10.1 Å². The molecule has 0 saturated heterocycles.